The number of allylic oxidation sites excluding steroid dienone is 1. The summed E-state index contributed by atoms with van der Waals surface area (Å²) in [4.78, 5) is 21.1. The third-order valence-electron chi connectivity index (χ3n) is 2.74. The first-order valence-electron chi connectivity index (χ1n) is 6.20. The zero-order valence-electron chi connectivity index (χ0n) is 11.3. The normalized spacial score (nSPS) is 11.1. The van der Waals surface area contributed by atoms with Crippen molar-refractivity contribution in [1.29, 1.82) is 0 Å². The van der Waals surface area contributed by atoms with E-state index in [4.69, 9.17) is 4.52 Å². The lowest BCUT2D eigenvalue weighted by atomic mass is 10.4. The smallest absolute Gasteiger partial charge is 0.272 e. The lowest BCUT2D eigenvalue weighted by molar-refractivity contribution is 0.387. The van der Waals surface area contributed by atoms with Crippen LogP contribution in [0, 0.1) is 6.92 Å². The molecule has 0 atom stereocenters. The van der Waals surface area contributed by atoms with Gasteiger partial charge in [0.1, 0.15) is 4.70 Å². The summed E-state index contributed by atoms with van der Waals surface area (Å²) in [6, 6.07) is 1.85. The quantitative estimate of drug-likeness (QED) is 0.409. The number of thiophene rings is 1. The van der Waals surface area contributed by atoms with Crippen LogP contribution >= 0.6 is 23.1 Å². The van der Waals surface area contributed by atoms with Gasteiger partial charge in [0.15, 0.2) is 11.0 Å². The SMILES string of the molecule is C=CCn1c(SCc2nc(C)no2)nc2ccsc2c1=O. The molecule has 0 fully saturated rings. The summed E-state index contributed by atoms with van der Waals surface area (Å²) >= 11 is 2.80. The molecule has 0 aliphatic heterocycles. The number of hydrogen-bond acceptors (Lipinski definition) is 7. The fourth-order valence-corrected chi connectivity index (χ4v) is 3.47. The Balaban J connectivity index is 1.97. The third kappa shape index (κ3) is 2.77. The summed E-state index contributed by atoms with van der Waals surface area (Å²) in [5, 5.41) is 6.24. The van der Waals surface area contributed by atoms with Gasteiger partial charge in [0.2, 0.25) is 5.89 Å². The van der Waals surface area contributed by atoms with Crippen molar-refractivity contribution in [2.24, 2.45) is 0 Å². The highest BCUT2D eigenvalue weighted by Crippen LogP contribution is 2.23. The minimum absolute atomic E-state index is 0.0425. The Bertz CT molecular complexity index is 849. The van der Waals surface area contributed by atoms with Crippen LogP contribution < -0.4 is 5.56 Å². The molecule has 21 heavy (non-hydrogen) atoms. The number of aryl methyl sites for hydroxylation is 1. The van der Waals surface area contributed by atoms with Gasteiger partial charge in [-0.3, -0.25) is 9.36 Å². The Morgan fingerprint density at radius 3 is 3.10 bits per heavy atom. The van der Waals surface area contributed by atoms with Crippen LogP contribution in [0.4, 0.5) is 0 Å². The van der Waals surface area contributed by atoms with Gasteiger partial charge < -0.3 is 4.52 Å². The van der Waals surface area contributed by atoms with Gasteiger partial charge in [-0.2, -0.15) is 4.98 Å². The van der Waals surface area contributed by atoms with Gasteiger partial charge in [0.05, 0.1) is 11.3 Å². The van der Waals surface area contributed by atoms with Crippen molar-refractivity contribution in [1.82, 2.24) is 19.7 Å². The maximum atomic E-state index is 12.4. The van der Waals surface area contributed by atoms with E-state index in [1.54, 1.807) is 17.6 Å². The first-order chi connectivity index (χ1) is 10.2. The fourth-order valence-electron chi connectivity index (χ4n) is 1.85. The Morgan fingerprint density at radius 2 is 2.38 bits per heavy atom. The maximum absolute atomic E-state index is 12.4. The van der Waals surface area contributed by atoms with Gasteiger partial charge in [0, 0.05) is 6.54 Å². The van der Waals surface area contributed by atoms with E-state index >= 15 is 0 Å². The lowest BCUT2D eigenvalue weighted by Crippen LogP contribution is -2.21. The van der Waals surface area contributed by atoms with E-state index in [9.17, 15) is 4.79 Å². The van der Waals surface area contributed by atoms with Crippen molar-refractivity contribution in [3.05, 3.63) is 46.2 Å². The molecule has 108 valence electrons. The second-order valence-electron chi connectivity index (χ2n) is 4.26. The van der Waals surface area contributed by atoms with Gasteiger partial charge in [0.25, 0.3) is 5.56 Å². The molecule has 3 rings (SSSR count). The Labute approximate surface area is 128 Å². The van der Waals surface area contributed by atoms with Crippen molar-refractivity contribution in [3.8, 4) is 0 Å². The van der Waals surface area contributed by atoms with Crippen LogP contribution in [0.2, 0.25) is 0 Å². The van der Waals surface area contributed by atoms with Crippen LogP contribution in [-0.2, 0) is 12.3 Å². The first kappa shape index (κ1) is 14.0. The van der Waals surface area contributed by atoms with E-state index in [2.05, 4.69) is 21.7 Å². The van der Waals surface area contributed by atoms with E-state index in [0.29, 0.717) is 33.9 Å². The second-order valence-corrected chi connectivity index (χ2v) is 6.12. The average Bonchev–Trinajstić information content (AvgIpc) is 3.09. The summed E-state index contributed by atoms with van der Waals surface area (Å²) < 4.78 is 7.35. The number of hydrogen-bond donors (Lipinski definition) is 0. The van der Waals surface area contributed by atoms with Crippen LogP contribution in [0.5, 0.6) is 0 Å². The largest absolute Gasteiger partial charge is 0.338 e. The Hall–Kier alpha value is -1.93. The van der Waals surface area contributed by atoms with Gasteiger partial charge in [-0.15, -0.1) is 17.9 Å². The van der Waals surface area contributed by atoms with Gasteiger partial charge in [-0.1, -0.05) is 23.0 Å². The minimum atomic E-state index is -0.0425. The zero-order valence-corrected chi connectivity index (χ0v) is 12.9. The van der Waals surface area contributed by atoms with Crippen molar-refractivity contribution >= 4 is 33.3 Å². The molecule has 3 aromatic rings. The molecule has 0 bridgehead atoms. The van der Waals surface area contributed by atoms with Crippen LogP contribution in [0.1, 0.15) is 11.7 Å². The van der Waals surface area contributed by atoms with Crippen LogP contribution in [0.3, 0.4) is 0 Å². The molecule has 0 saturated heterocycles. The molecular formula is C13H12N4O2S2. The van der Waals surface area contributed by atoms with Crippen molar-refractivity contribution in [2.75, 3.05) is 0 Å². The second kappa shape index (κ2) is 5.82. The molecule has 0 unspecified atom stereocenters. The monoisotopic (exact) mass is 320 g/mol. The molecule has 0 aliphatic carbocycles. The molecule has 3 aromatic heterocycles. The molecule has 6 nitrogen and oxygen atoms in total. The summed E-state index contributed by atoms with van der Waals surface area (Å²) in [6.07, 6.45) is 1.68. The molecule has 0 spiro atoms. The summed E-state index contributed by atoms with van der Waals surface area (Å²) in [6.45, 7) is 5.88. The topological polar surface area (TPSA) is 73.8 Å². The molecule has 0 radical (unpaired) electrons. The molecule has 3 heterocycles. The van der Waals surface area contributed by atoms with E-state index in [1.165, 1.54) is 23.1 Å². The zero-order chi connectivity index (χ0) is 14.8. The highest BCUT2D eigenvalue weighted by atomic mass is 32.2. The summed E-state index contributed by atoms with van der Waals surface area (Å²) in [5.41, 5.74) is 0.675. The lowest BCUT2D eigenvalue weighted by Gasteiger charge is -2.08. The van der Waals surface area contributed by atoms with E-state index in [-0.39, 0.29) is 5.56 Å². The van der Waals surface area contributed by atoms with Crippen molar-refractivity contribution in [2.45, 2.75) is 24.4 Å². The van der Waals surface area contributed by atoms with Crippen LogP contribution in [0.25, 0.3) is 10.2 Å². The molecule has 0 amide bonds. The predicted molar refractivity (Wildman–Crippen MR) is 82.7 cm³/mol. The number of thioether (sulfide) groups is 1. The van der Waals surface area contributed by atoms with Crippen molar-refractivity contribution in [3.63, 3.8) is 0 Å². The third-order valence-corrected chi connectivity index (χ3v) is 4.59. The number of fused-ring (bicyclic) bond motifs is 1. The van der Waals surface area contributed by atoms with Crippen LogP contribution in [-0.4, -0.2) is 19.7 Å². The number of aromatic nitrogens is 4. The number of rotatable bonds is 5. The van der Waals surface area contributed by atoms with E-state index < -0.39 is 0 Å². The molecule has 0 aromatic carbocycles. The number of nitrogens with zero attached hydrogens (tertiary/aromatic N) is 4. The minimum Gasteiger partial charge on any atom is -0.338 e. The molecule has 0 saturated carbocycles. The average molecular weight is 320 g/mol. The van der Waals surface area contributed by atoms with Gasteiger partial charge >= 0.3 is 0 Å². The van der Waals surface area contributed by atoms with E-state index in [0.717, 1.165) is 5.52 Å². The standard InChI is InChI=1S/C13H12N4O2S2/c1-3-5-17-12(18)11-9(4-6-20-11)15-13(17)21-7-10-14-8(2)16-19-10/h3-4,6H,1,5,7H2,2H3. The molecule has 0 N–H and O–H groups in total. The molecular weight excluding hydrogens is 308 g/mol. The van der Waals surface area contributed by atoms with Gasteiger partial charge in [-0.25, -0.2) is 4.98 Å². The van der Waals surface area contributed by atoms with E-state index in [1.807, 2.05) is 11.4 Å². The summed E-state index contributed by atoms with van der Waals surface area (Å²) in [5.74, 6) is 1.58. The molecule has 0 aliphatic rings. The fraction of sp³-hybridized carbons (Fsp3) is 0.231. The summed E-state index contributed by atoms with van der Waals surface area (Å²) in [7, 11) is 0. The highest BCUT2D eigenvalue weighted by molar-refractivity contribution is 7.98. The first-order valence-corrected chi connectivity index (χ1v) is 8.06. The Kier molecular flexibility index (Phi) is 3.89. The highest BCUT2D eigenvalue weighted by Gasteiger charge is 2.13. The van der Waals surface area contributed by atoms with Crippen molar-refractivity contribution < 1.29 is 4.52 Å². The predicted octanol–water partition coefficient (Wildman–Crippen LogP) is 2.63. The molecule has 8 heteroatoms. The van der Waals surface area contributed by atoms with Gasteiger partial charge in [-0.05, 0) is 18.4 Å². The Morgan fingerprint density at radius 1 is 1.52 bits per heavy atom. The maximum Gasteiger partial charge on any atom is 0.272 e. The van der Waals surface area contributed by atoms with Crippen LogP contribution in [0.15, 0.2) is 38.6 Å².